The number of hydrogen-bond acceptors (Lipinski definition) is 2. The number of rotatable bonds is 5. The van der Waals surface area contributed by atoms with Crippen LogP contribution in [0.2, 0.25) is 0 Å². The number of carbonyl (C=O) groups excluding carboxylic acids is 1. The van der Waals surface area contributed by atoms with Crippen LogP contribution in [0, 0.1) is 5.41 Å². The summed E-state index contributed by atoms with van der Waals surface area (Å²) in [4.78, 5) is 10.9. The first-order valence-electron chi connectivity index (χ1n) is 6.28. The highest BCUT2D eigenvalue weighted by Crippen LogP contribution is 2.21. The molecule has 0 saturated carbocycles. The SMILES string of the molecule is C=CC(=O)OCc1ccc(CCC(C)(C)C)cc1. The zero-order chi connectivity index (χ0) is 13.6. The predicted octanol–water partition coefficient (Wildman–Crippen LogP) is 3.89. The van der Waals surface area contributed by atoms with E-state index in [1.807, 2.05) is 12.1 Å². The van der Waals surface area contributed by atoms with Gasteiger partial charge in [0.25, 0.3) is 0 Å². The third kappa shape index (κ3) is 5.67. The fraction of sp³-hybridized carbons (Fsp3) is 0.438. The van der Waals surface area contributed by atoms with E-state index in [9.17, 15) is 4.79 Å². The lowest BCUT2D eigenvalue weighted by Crippen LogP contribution is -2.06. The summed E-state index contributed by atoms with van der Waals surface area (Å²) in [6.45, 7) is 10.4. The number of carbonyl (C=O) groups is 1. The van der Waals surface area contributed by atoms with Gasteiger partial charge in [-0.1, -0.05) is 51.6 Å². The molecule has 0 spiro atoms. The highest BCUT2D eigenvalue weighted by Gasteiger charge is 2.09. The normalized spacial score (nSPS) is 11.1. The molecule has 0 unspecified atom stereocenters. The minimum absolute atomic E-state index is 0.310. The molecule has 0 amide bonds. The molecule has 0 aromatic heterocycles. The van der Waals surface area contributed by atoms with Crippen LogP contribution in [0.1, 0.15) is 38.3 Å². The van der Waals surface area contributed by atoms with E-state index in [-0.39, 0.29) is 5.97 Å². The molecule has 0 aliphatic heterocycles. The highest BCUT2D eigenvalue weighted by atomic mass is 16.5. The Bertz CT molecular complexity index is 396. The van der Waals surface area contributed by atoms with Gasteiger partial charge in [-0.15, -0.1) is 0 Å². The minimum Gasteiger partial charge on any atom is -0.458 e. The van der Waals surface area contributed by atoms with Crippen molar-refractivity contribution in [1.82, 2.24) is 0 Å². The third-order valence-corrected chi connectivity index (χ3v) is 2.73. The van der Waals surface area contributed by atoms with Crippen molar-refractivity contribution < 1.29 is 9.53 Å². The fourth-order valence-electron chi connectivity index (χ4n) is 1.53. The molecule has 2 heteroatoms. The summed E-state index contributed by atoms with van der Waals surface area (Å²) in [6.07, 6.45) is 3.42. The number of benzene rings is 1. The van der Waals surface area contributed by atoms with Gasteiger partial charge in [-0.3, -0.25) is 0 Å². The number of aryl methyl sites for hydroxylation is 1. The van der Waals surface area contributed by atoms with E-state index in [4.69, 9.17) is 4.74 Å². The first kappa shape index (κ1) is 14.5. The van der Waals surface area contributed by atoms with Crippen LogP contribution >= 0.6 is 0 Å². The molecule has 0 N–H and O–H groups in total. The monoisotopic (exact) mass is 246 g/mol. The average Bonchev–Trinajstić information content (AvgIpc) is 2.33. The van der Waals surface area contributed by atoms with Gasteiger partial charge in [0.1, 0.15) is 6.61 Å². The van der Waals surface area contributed by atoms with Crippen molar-refractivity contribution in [2.75, 3.05) is 0 Å². The van der Waals surface area contributed by atoms with Gasteiger partial charge < -0.3 is 4.74 Å². The molecule has 0 fully saturated rings. The Kier molecular flexibility index (Phi) is 5.14. The van der Waals surface area contributed by atoms with E-state index in [2.05, 4.69) is 39.5 Å². The Labute approximate surface area is 110 Å². The van der Waals surface area contributed by atoms with E-state index in [1.165, 1.54) is 11.6 Å². The van der Waals surface area contributed by atoms with Gasteiger partial charge in [0, 0.05) is 6.08 Å². The standard InChI is InChI=1S/C16H22O2/c1-5-15(17)18-12-14-8-6-13(7-9-14)10-11-16(2,3)4/h5-9H,1,10-12H2,2-4H3. The van der Waals surface area contributed by atoms with E-state index in [1.54, 1.807) is 0 Å². The lowest BCUT2D eigenvalue weighted by molar-refractivity contribution is -0.138. The molecule has 0 bridgehead atoms. The van der Waals surface area contributed by atoms with Gasteiger partial charge in [-0.05, 0) is 29.4 Å². The number of esters is 1. The minimum atomic E-state index is -0.383. The zero-order valence-corrected chi connectivity index (χ0v) is 11.5. The average molecular weight is 246 g/mol. The van der Waals surface area contributed by atoms with Crippen LogP contribution < -0.4 is 0 Å². The van der Waals surface area contributed by atoms with Crippen molar-refractivity contribution in [2.24, 2.45) is 5.41 Å². The van der Waals surface area contributed by atoms with Crippen LogP contribution in [0.5, 0.6) is 0 Å². The summed E-state index contributed by atoms with van der Waals surface area (Å²) in [5.74, 6) is -0.383. The molecule has 0 radical (unpaired) electrons. The maximum Gasteiger partial charge on any atom is 0.330 e. The van der Waals surface area contributed by atoms with Crippen LogP contribution in [-0.2, 0) is 22.6 Å². The molecule has 0 aliphatic rings. The summed E-state index contributed by atoms with van der Waals surface area (Å²) in [7, 11) is 0. The van der Waals surface area contributed by atoms with Gasteiger partial charge in [0.15, 0.2) is 0 Å². The largest absolute Gasteiger partial charge is 0.458 e. The topological polar surface area (TPSA) is 26.3 Å². The molecule has 0 atom stereocenters. The number of hydrogen-bond donors (Lipinski definition) is 0. The van der Waals surface area contributed by atoms with Gasteiger partial charge in [0.05, 0.1) is 0 Å². The second kappa shape index (κ2) is 6.39. The van der Waals surface area contributed by atoms with Crippen molar-refractivity contribution >= 4 is 5.97 Å². The fourth-order valence-corrected chi connectivity index (χ4v) is 1.53. The summed E-state index contributed by atoms with van der Waals surface area (Å²) in [5.41, 5.74) is 2.69. The van der Waals surface area contributed by atoms with E-state index in [0.29, 0.717) is 12.0 Å². The van der Waals surface area contributed by atoms with Gasteiger partial charge in [-0.2, -0.15) is 0 Å². The molecule has 1 aromatic rings. The van der Waals surface area contributed by atoms with Crippen molar-refractivity contribution in [3.63, 3.8) is 0 Å². The molecule has 1 rings (SSSR count). The quantitative estimate of drug-likeness (QED) is 0.582. The summed E-state index contributed by atoms with van der Waals surface area (Å²) < 4.78 is 4.97. The van der Waals surface area contributed by atoms with Crippen molar-refractivity contribution in [3.05, 3.63) is 48.0 Å². The van der Waals surface area contributed by atoms with Crippen LogP contribution in [0.25, 0.3) is 0 Å². The summed E-state index contributed by atoms with van der Waals surface area (Å²) in [5, 5.41) is 0. The predicted molar refractivity (Wildman–Crippen MR) is 74.2 cm³/mol. The van der Waals surface area contributed by atoms with Crippen LogP contribution in [0.15, 0.2) is 36.9 Å². The van der Waals surface area contributed by atoms with E-state index in [0.717, 1.165) is 18.4 Å². The highest BCUT2D eigenvalue weighted by molar-refractivity contribution is 5.81. The Morgan fingerprint density at radius 3 is 2.28 bits per heavy atom. The second-order valence-electron chi connectivity index (χ2n) is 5.69. The smallest absolute Gasteiger partial charge is 0.330 e. The van der Waals surface area contributed by atoms with Gasteiger partial charge >= 0.3 is 5.97 Å². The summed E-state index contributed by atoms with van der Waals surface area (Å²) in [6, 6.07) is 8.22. The Balaban J connectivity index is 2.47. The molecule has 0 saturated heterocycles. The van der Waals surface area contributed by atoms with Crippen molar-refractivity contribution in [2.45, 2.75) is 40.2 Å². The molecule has 1 aromatic carbocycles. The van der Waals surface area contributed by atoms with Crippen LogP contribution in [0.3, 0.4) is 0 Å². The van der Waals surface area contributed by atoms with Crippen molar-refractivity contribution in [1.29, 1.82) is 0 Å². The zero-order valence-electron chi connectivity index (χ0n) is 11.5. The molecular weight excluding hydrogens is 224 g/mol. The Hall–Kier alpha value is -1.57. The van der Waals surface area contributed by atoms with Gasteiger partial charge in [0.2, 0.25) is 0 Å². The molecule has 2 nitrogen and oxygen atoms in total. The lowest BCUT2D eigenvalue weighted by atomic mass is 9.88. The molecule has 0 heterocycles. The Morgan fingerprint density at radius 2 is 1.78 bits per heavy atom. The third-order valence-electron chi connectivity index (χ3n) is 2.73. The molecule has 18 heavy (non-hydrogen) atoms. The summed E-state index contributed by atoms with van der Waals surface area (Å²) >= 11 is 0. The molecule has 98 valence electrons. The van der Waals surface area contributed by atoms with Gasteiger partial charge in [-0.25, -0.2) is 4.79 Å². The van der Waals surface area contributed by atoms with Crippen LogP contribution in [0.4, 0.5) is 0 Å². The van der Waals surface area contributed by atoms with Crippen LogP contribution in [-0.4, -0.2) is 5.97 Å². The first-order valence-corrected chi connectivity index (χ1v) is 6.28. The van der Waals surface area contributed by atoms with E-state index >= 15 is 0 Å². The number of ether oxygens (including phenoxy) is 1. The molecule has 0 aliphatic carbocycles. The van der Waals surface area contributed by atoms with Crippen molar-refractivity contribution in [3.8, 4) is 0 Å². The molecular formula is C16H22O2. The maximum absolute atomic E-state index is 10.9. The maximum atomic E-state index is 10.9. The van der Waals surface area contributed by atoms with E-state index < -0.39 is 0 Å². The lowest BCUT2D eigenvalue weighted by Gasteiger charge is -2.17. The second-order valence-corrected chi connectivity index (χ2v) is 5.69. The first-order chi connectivity index (χ1) is 8.40. The Morgan fingerprint density at radius 1 is 1.22 bits per heavy atom.